The van der Waals surface area contributed by atoms with E-state index in [1.54, 1.807) is 18.0 Å². The van der Waals surface area contributed by atoms with Gasteiger partial charge < -0.3 is 4.90 Å². The smallest absolute Gasteiger partial charge is 0.254 e. The van der Waals surface area contributed by atoms with Crippen LogP contribution in [0.4, 0.5) is 0 Å². The summed E-state index contributed by atoms with van der Waals surface area (Å²) < 4.78 is 23.7. The summed E-state index contributed by atoms with van der Waals surface area (Å²) in [4.78, 5) is 13.8. The van der Waals surface area contributed by atoms with Crippen molar-refractivity contribution in [3.63, 3.8) is 0 Å². The molecular formula is C12H14INO3S. The Balaban J connectivity index is 2.18. The minimum absolute atomic E-state index is 0.0820. The molecule has 1 aromatic rings. The summed E-state index contributed by atoms with van der Waals surface area (Å²) in [6.45, 7) is 0. The van der Waals surface area contributed by atoms with Crippen LogP contribution < -0.4 is 0 Å². The van der Waals surface area contributed by atoms with E-state index in [4.69, 9.17) is 0 Å². The predicted molar refractivity (Wildman–Crippen MR) is 78.3 cm³/mol. The molecule has 18 heavy (non-hydrogen) atoms. The van der Waals surface area contributed by atoms with Gasteiger partial charge in [0.2, 0.25) is 0 Å². The highest BCUT2D eigenvalue weighted by molar-refractivity contribution is 14.1. The maximum Gasteiger partial charge on any atom is 0.254 e. The first-order chi connectivity index (χ1) is 8.41. The SMILES string of the molecule is CN(C(=O)c1ccccc1I)C1CCS(=O)(=O)C1. The lowest BCUT2D eigenvalue weighted by Crippen LogP contribution is -2.38. The van der Waals surface area contributed by atoms with Gasteiger partial charge in [0, 0.05) is 16.7 Å². The van der Waals surface area contributed by atoms with E-state index in [0.29, 0.717) is 12.0 Å². The predicted octanol–water partition coefficient (Wildman–Crippen LogP) is 1.55. The molecule has 0 aromatic heterocycles. The quantitative estimate of drug-likeness (QED) is 0.733. The van der Waals surface area contributed by atoms with Gasteiger partial charge in [-0.15, -0.1) is 0 Å². The van der Waals surface area contributed by atoms with E-state index in [2.05, 4.69) is 22.6 Å². The highest BCUT2D eigenvalue weighted by atomic mass is 127. The van der Waals surface area contributed by atoms with Crippen molar-refractivity contribution in [2.24, 2.45) is 0 Å². The molecule has 1 aliphatic rings. The van der Waals surface area contributed by atoms with E-state index in [9.17, 15) is 13.2 Å². The normalized spacial score (nSPS) is 21.8. The van der Waals surface area contributed by atoms with Crippen LogP contribution in [0, 0.1) is 3.57 Å². The highest BCUT2D eigenvalue weighted by Gasteiger charge is 2.33. The Morgan fingerprint density at radius 1 is 1.39 bits per heavy atom. The first-order valence-corrected chi connectivity index (χ1v) is 8.53. The molecule has 0 spiro atoms. The summed E-state index contributed by atoms with van der Waals surface area (Å²) in [6.07, 6.45) is 0.536. The van der Waals surface area contributed by atoms with Gasteiger partial charge in [0.1, 0.15) is 0 Å². The van der Waals surface area contributed by atoms with E-state index in [0.717, 1.165) is 3.57 Å². The van der Waals surface area contributed by atoms with Gasteiger partial charge in [0.05, 0.1) is 17.1 Å². The Kier molecular flexibility index (Phi) is 3.96. The van der Waals surface area contributed by atoms with Crippen molar-refractivity contribution in [3.05, 3.63) is 33.4 Å². The number of amides is 1. The second-order valence-electron chi connectivity index (χ2n) is 4.45. The molecule has 98 valence electrons. The Morgan fingerprint density at radius 3 is 2.61 bits per heavy atom. The monoisotopic (exact) mass is 379 g/mol. The maximum absolute atomic E-state index is 12.3. The molecule has 0 radical (unpaired) electrons. The Hall–Kier alpha value is -0.630. The lowest BCUT2D eigenvalue weighted by molar-refractivity contribution is 0.0746. The largest absolute Gasteiger partial charge is 0.338 e. The van der Waals surface area contributed by atoms with Crippen molar-refractivity contribution in [1.29, 1.82) is 0 Å². The Morgan fingerprint density at radius 2 is 2.06 bits per heavy atom. The Labute approximate surface area is 120 Å². The number of nitrogens with zero attached hydrogens (tertiary/aromatic N) is 1. The summed E-state index contributed by atoms with van der Waals surface area (Å²) in [5.41, 5.74) is 0.630. The molecule has 0 saturated carbocycles. The molecule has 0 bridgehead atoms. The van der Waals surface area contributed by atoms with Gasteiger partial charge in [-0.1, -0.05) is 12.1 Å². The zero-order chi connectivity index (χ0) is 13.3. The van der Waals surface area contributed by atoms with Crippen LogP contribution in [0.3, 0.4) is 0 Å². The van der Waals surface area contributed by atoms with Gasteiger partial charge in [0.15, 0.2) is 9.84 Å². The molecule has 0 N–H and O–H groups in total. The van der Waals surface area contributed by atoms with Gasteiger partial charge in [-0.05, 0) is 41.1 Å². The third-order valence-corrected chi connectivity index (χ3v) is 5.87. The fourth-order valence-corrected chi connectivity index (χ4v) is 4.46. The third kappa shape index (κ3) is 2.85. The van der Waals surface area contributed by atoms with Gasteiger partial charge in [-0.2, -0.15) is 0 Å². The number of carbonyl (C=O) groups excluding carboxylic acids is 1. The zero-order valence-corrected chi connectivity index (χ0v) is 12.9. The second kappa shape index (κ2) is 5.16. The third-order valence-electron chi connectivity index (χ3n) is 3.18. The van der Waals surface area contributed by atoms with Crippen LogP contribution in [-0.2, 0) is 9.84 Å². The van der Waals surface area contributed by atoms with Crippen molar-refractivity contribution < 1.29 is 13.2 Å². The number of halogens is 1. The standard InChI is InChI=1S/C12H14INO3S/c1-14(9-6-7-18(16,17)8-9)12(15)10-4-2-3-5-11(10)13/h2-5,9H,6-8H2,1H3. The number of hydrogen-bond acceptors (Lipinski definition) is 3. The topological polar surface area (TPSA) is 54.5 Å². The van der Waals surface area contributed by atoms with Gasteiger partial charge in [-0.3, -0.25) is 4.79 Å². The zero-order valence-electron chi connectivity index (χ0n) is 9.97. The lowest BCUT2D eigenvalue weighted by atomic mass is 10.1. The molecule has 1 saturated heterocycles. The number of rotatable bonds is 2. The number of carbonyl (C=O) groups is 1. The van der Waals surface area contributed by atoms with Crippen LogP contribution in [0.25, 0.3) is 0 Å². The molecule has 6 heteroatoms. The number of sulfone groups is 1. The van der Waals surface area contributed by atoms with Gasteiger partial charge >= 0.3 is 0 Å². The van der Waals surface area contributed by atoms with Crippen LogP contribution >= 0.6 is 22.6 Å². The highest BCUT2D eigenvalue weighted by Crippen LogP contribution is 2.20. The second-order valence-corrected chi connectivity index (χ2v) is 7.84. The van der Waals surface area contributed by atoms with Crippen molar-refractivity contribution in [2.45, 2.75) is 12.5 Å². The first kappa shape index (κ1) is 13.8. The molecule has 0 aliphatic carbocycles. The van der Waals surface area contributed by atoms with Crippen LogP contribution in [0.2, 0.25) is 0 Å². The minimum atomic E-state index is -2.96. The summed E-state index contributed by atoms with van der Waals surface area (Å²) in [5, 5.41) is 0. The average molecular weight is 379 g/mol. The van der Waals surface area contributed by atoms with Crippen molar-refractivity contribution in [3.8, 4) is 0 Å². The first-order valence-electron chi connectivity index (χ1n) is 5.63. The van der Waals surface area contributed by atoms with E-state index in [-0.39, 0.29) is 23.5 Å². The van der Waals surface area contributed by atoms with E-state index in [1.165, 1.54) is 0 Å². The van der Waals surface area contributed by atoms with E-state index < -0.39 is 9.84 Å². The molecule has 1 unspecified atom stereocenters. The molecule has 1 heterocycles. The fraction of sp³-hybridized carbons (Fsp3) is 0.417. The van der Waals surface area contributed by atoms with Crippen molar-refractivity contribution in [2.75, 3.05) is 18.6 Å². The molecular weight excluding hydrogens is 365 g/mol. The molecule has 1 aromatic carbocycles. The minimum Gasteiger partial charge on any atom is -0.338 e. The van der Waals surface area contributed by atoms with E-state index >= 15 is 0 Å². The van der Waals surface area contributed by atoms with Gasteiger partial charge in [0.25, 0.3) is 5.91 Å². The van der Waals surface area contributed by atoms with Crippen LogP contribution in [-0.4, -0.2) is 43.8 Å². The molecule has 1 amide bonds. The summed E-state index contributed by atoms with van der Waals surface area (Å²) in [7, 11) is -1.28. The summed E-state index contributed by atoms with van der Waals surface area (Å²) >= 11 is 2.11. The van der Waals surface area contributed by atoms with E-state index in [1.807, 2.05) is 18.2 Å². The average Bonchev–Trinajstić information content (AvgIpc) is 2.68. The summed E-state index contributed by atoms with van der Waals surface area (Å²) in [5.74, 6) is 0.155. The molecule has 1 atom stereocenters. The number of benzene rings is 1. The Bertz CT molecular complexity index is 570. The molecule has 1 fully saturated rings. The van der Waals surface area contributed by atoms with Gasteiger partial charge in [-0.25, -0.2) is 8.42 Å². The summed E-state index contributed by atoms with van der Waals surface area (Å²) in [6, 6.07) is 7.13. The maximum atomic E-state index is 12.3. The van der Waals surface area contributed by atoms with Crippen LogP contribution in [0.1, 0.15) is 16.8 Å². The molecule has 1 aliphatic heterocycles. The fourth-order valence-electron chi connectivity index (χ4n) is 2.07. The molecule has 2 rings (SSSR count). The van der Waals surface area contributed by atoms with Crippen LogP contribution in [0.5, 0.6) is 0 Å². The van der Waals surface area contributed by atoms with Crippen molar-refractivity contribution in [1.82, 2.24) is 4.90 Å². The number of hydrogen-bond donors (Lipinski definition) is 0. The lowest BCUT2D eigenvalue weighted by Gasteiger charge is -2.23. The van der Waals surface area contributed by atoms with Crippen LogP contribution in [0.15, 0.2) is 24.3 Å². The van der Waals surface area contributed by atoms with Crippen molar-refractivity contribution >= 4 is 38.3 Å². The molecule has 4 nitrogen and oxygen atoms in total.